The average molecular weight is 537 g/mol. The van der Waals surface area contributed by atoms with Gasteiger partial charge in [-0.2, -0.15) is 0 Å². The Kier molecular flexibility index (Phi) is 7.29. The van der Waals surface area contributed by atoms with Crippen molar-refractivity contribution in [2.75, 3.05) is 31.5 Å². The number of hydrogen-bond acceptors (Lipinski definition) is 7. The van der Waals surface area contributed by atoms with Gasteiger partial charge in [0.25, 0.3) is 11.8 Å². The molecule has 2 N–H and O–H groups in total. The molecule has 1 aromatic carbocycles. The maximum absolute atomic E-state index is 13.9. The Bertz CT molecular complexity index is 1300. The van der Waals surface area contributed by atoms with Crippen LogP contribution in [0.5, 0.6) is 6.01 Å². The molecule has 3 heterocycles. The van der Waals surface area contributed by atoms with E-state index in [1.807, 2.05) is 29.2 Å². The number of halogens is 2. The van der Waals surface area contributed by atoms with Crippen LogP contribution in [0.3, 0.4) is 0 Å². The monoisotopic (exact) mass is 536 g/mol. The zero-order valence-corrected chi connectivity index (χ0v) is 21.9. The number of piperidine rings is 1. The summed E-state index contributed by atoms with van der Waals surface area (Å²) in [5, 5.41) is 7.18. The Morgan fingerprint density at radius 2 is 1.85 bits per heavy atom. The smallest absolute Gasteiger partial charge is 0.316 e. The molecule has 1 aliphatic heterocycles. The minimum atomic E-state index is -2.66. The largest absolute Gasteiger partial charge is 0.460 e. The Morgan fingerprint density at radius 1 is 1.08 bits per heavy atom. The molecular weight excluding hydrogens is 502 g/mol. The normalized spacial score (nSPS) is 20.3. The molecule has 10 heteroatoms. The summed E-state index contributed by atoms with van der Waals surface area (Å²) in [4.78, 5) is 28.8. The van der Waals surface area contributed by atoms with Gasteiger partial charge in [0.1, 0.15) is 11.9 Å². The summed E-state index contributed by atoms with van der Waals surface area (Å²) in [6, 6.07) is 9.32. The summed E-state index contributed by atoms with van der Waals surface area (Å²) >= 11 is 0. The summed E-state index contributed by atoms with van der Waals surface area (Å²) in [6.45, 7) is 1.60. The number of nitrogens with zero attached hydrogens (tertiary/aromatic N) is 4. The Hall–Kier alpha value is -3.40. The van der Waals surface area contributed by atoms with Gasteiger partial charge in [0.05, 0.1) is 11.6 Å². The number of amides is 1. The second kappa shape index (κ2) is 11.0. The minimum absolute atomic E-state index is 0.163. The standard InChI is InChI=1S/C29H34F2N6O2/c30-29(31)11-13-37(14-12-29)25(20-16-34-28(35-17-20)39-21-3-1-4-21)18-33-27(38)23-5-2-6-24-22(23)9-10-26(36-24)32-15-19-7-8-19/h2,5-6,9-10,16-17,19,21,25H,1,3-4,7-8,11-15,18H2,(H,32,36)(H,33,38). The fourth-order valence-corrected chi connectivity index (χ4v) is 5.12. The van der Waals surface area contributed by atoms with Crippen LogP contribution in [0.4, 0.5) is 14.6 Å². The topological polar surface area (TPSA) is 92.3 Å². The zero-order valence-electron chi connectivity index (χ0n) is 21.9. The lowest BCUT2D eigenvalue weighted by Crippen LogP contribution is -2.45. The van der Waals surface area contributed by atoms with Gasteiger partial charge in [-0.05, 0) is 62.3 Å². The van der Waals surface area contributed by atoms with E-state index in [9.17, 15) is 13.6 Å². The van der Waals surface area contributed by atoms with Gasteiger partial charge in [0, 0.05) is 67.9 Å². The van der Waals surface area contributed by atoms with Gasteiger partial charge in [-0.3, -0.25) is 9.69 Å². The summed E-state index contributed by atoms with van der Waals surface area (Å²) in [7, 11) is 0. The number of pyridine rings is 1. The number of alkyl halides is 2. The molecule has 1 saturated heterocycles. The van der Waals surface area contributed by atoms with E-state index in [1.165, 1.54) is 12.8 Å². The van der Waals surface area contributed by atoms with E-state index in [0.29, 0.717) is 11.6 Å². The number of benzene rings is 1. The molecule has 39 heavy (non-hydrogen) atoms. The van der Waals surface area contributed by atoms with Crippen LogP contribution in [-0.2, 0) is 0 Å². The predicted octanol–water partition coefficient (Wildman–Crippen LogP) is 4.98. The fourth-order valence-electron chi connectivity index (χ4n) is 5.12. The van der Waals surface area contributed by atoms with E-state index < -0.39 is 5.92 Å². The maximum atomic E-state index is 13.9. The SMILES string of the molecule is O=C(NCC(c1cnc(OC2CCC2)nc1)N1CCC(F)(F)CC1)c1cccc2nc(NCC3CC3)ccc12. The first-order chi connectivity index (χ1) is 18.9. The van der Waals surface area contributed by atoms with Crippen molar-refractivity contribution >= 4 is 22.6 Å². The number of ether oxygens (including phenoxy) is 1. The van der Waals surface area contributed by atoms with Crippen LogP contribution in [-0.4, -0.2) is 64.0 Å². The first-order valence-electron chi connectivity index (χ1n) is 14.0. The van der Waals surface area contributed by atoms with Crippen LogP contribution in [0, 0.1) is 5.92 Å². The number of carbonyl (C=O) groups is 1. The maximum Gasteiger partial charge on any atom is 0.316 e. The van der Waals surface area contributed by atoms with Crippen molar-refractivity contribution in [3.63, 3.8) is 0 Å². The predicted molar refractivity (Wildman–Crippen MR) is 144 cm³/mol. The van der Waals surface area contributed by atoms with Crippen molar-refractivity contribution in [1.82, 2.24) is 25.2 Å². The third-order valence-corrected chi connectivity index (χ3v) is 8.03. The van der Waals surface area contributed by atoms with Crippen molar-refractivity contribution in [3.8, 4) is 6.01 Å². The highest BCUT2D eigenvalue weighted by Crippen LogP contribution is 2.33. The fraction of sp³-hybridized carbons (Fsp3) is 0.517. The molecule has 1 atom stereocenters. The Labute approximate surface area is 226 Å². The zero-order chi connectivity index (χ0) is 26.8. The highest BCUT2D eigenvalue weighted by Gasteiger charge is 2.37. The van der Waals surface area contributed by atoms with Gasteiger partial charge >= 0.3 is 6.01 Å². The second-order valence-electron chi connectivity index (χ2n) is 11.0. The van der Waals surface area contributed by atoms with Crippen LogP contribution >= 0.6 is 0 Å². The molecule has 3 aliphatic rings. The Balaban J connectivity index is 1.17. The highest BCUT2D eigenvalue weighted by molar-refractivity contribution is 6.06. The number of carbonyl (C=O) groups excluding carboxylic acids is 1. The van der Waals surface area contributed by atoms with Crippen LogP contribution in [0.25, 0.3) is 10.9 Å². The summed E-state index contributed by atoms with van der Waals surface area (Å²) in [6.07, 6.45) is 8.77. The van der Waals surface area contributed by atoms with Gasteiger partial charge in [-0.1, -0.05) is 6.07 Å². The molecule has 2 aliphatic carbocycles. The first-order valence-corrected chi connectivity index (χ1v) is 14.0. The van der Waals surface area contributed by atoms with E-state index >= 15 is 0 Å². The molecule has 2 saturated carbocycles. The average Bonchev–Trinajstić information content (AvgIpc) is 3.75. The third kappa shape index (κ3) is 6.27. The number of likely N-dealkylation sites (tertiary alicyclic amines) is 1. The summed E-state index contributed by atoms with van der Waals surface area (Å²) < 4.78 is 33.6. The van der Waals surface area contributed by atoms with Crippen LogP contribution < -0.4 is 15.4 Å². The van der Waals surface area contributed by atoms with E-state index in [2.05, 4.69) is 25.6 Å². The van der Waals surface area contributed by atoms with Crippen molar-refractivity contribution in [2.24, 2.45) is 5.92 Å². The van der Waals surface area contributed by atoms with E-state index in [-0.39, 0.29) is 50.5 Å². The molecule has 0 spiro atoms. The van der Waals surface area contributed by atoms with Crippen molar-refractivity contribution in [3.05, 3.63) is 53.9 Å². The molecule has 0 bridgehead atoms. The van der Waals surface area contributed by atoms with E-state index in [4.69, 9.17) is 4.74 Å². The molecule has 206 valence electrons. The van der Waals surface area contributed by atoms with Gasteiger partial charge in [0.2, 0.25) is 0 Å². The molecule has 8 nitrogen and oxygen atoms in total. The summed E-state index contributed by atoms with van der Waals surface area (Å²) in [5.41, 5.74) is 2.03. The van der Waals surface area contributed by atoms with Gasteiger partial charge in [-0.25, -0.2) is 23.7 Å². The summed E-state index contributed by atoms with van der Waals surface area (Å²) in [5.74, 6) is -1.36. The molecule has 2 aromatic heterocycles. The van der Waals surface area contributed by atoms with Gasteiger partial charge in [-0.15, -0.1) is 0 Å². The van der Waals surface area contributed by atoms with Crippen molar-refractivity contribution in [2.45, 2.75) is 63.0 Å². The molecule has 1 amide bonds. The lowest BCUT2D eigenvalue weighted by atomic mass is 9.96. The second-order valence-corrected chi connectivity index (χ2v) is 11.0. The number of nitrogens with one attached hydrogen (secondary N) is 2. The van der Waals surface area contributed by atoms with E-state index in [1.54, 1.807) is 18.5 Å². The number of hydrogen-bond donors (Lipinski definition) is 2. The molecule has 3 aromatic rings. The number of aromatic nitrogens is 3. The van der Waals surface area contributed by atoms with Crippen LogP contribution in [0.2, 0.25) is 0 Å². The quantitative estimate of drug-likeness (QED) is 0.378. The first kappa shape index (κ1) is 25.9. The molecular formula is C29H34F2N6O2. The molecule has 1 unspecified atom stereocenters. The van der Waals surface area contributed by atoms with Gasteiger partial charge < -0.3 is 15.4 Å². The highest BCUT2D eigenvalue weighted by atomic mass is 19.3. The number of anilines is 1. The van der Waals surface area contributed by atoms with E-state index in [0.717, 1.165) is 54.0 Å². The lowest BCUT2D eigenvalue weighted by Gasteiger charge is -2.37. The van der Waals surface area contributed by atoms with Crippen LogP contribution in [0.1, 0.15) is 66.9 Å². The minimum Gasteiger partial charge on any atom is -0.460 e. The van der Waals surface area contributed by atoms with Crippen molar-refractivity contribution < 1.29 is 18.3 Å². The molecule has 3 fully saturated rings. The molecule has 0 radical (unpaired) electrons. The molecule has 6 rings (SSSR count). The number of rotatable bonds is 10. The number of fused-ring (bicyclic) bond motifs is 1. The lowest BCUT2D eigenvalue weighted by molar-refractivity contribution is -0.0632. The third-order valence-electron chi connectivity index (χ3n) is 8.03. The van der Waals surface area contributed by atoms with Gasteiger partial charge in [0.15, 0.2) is 0 Å². The van der Waals surface area contributed by atoms with Crippen LogP contribution in [0.15, 0.2) is 42.7 Å². The Morgan fingerprint density at radius 3 is 2.54 bits per heavy atom. The van der Waals surface area contributed by atoms with Crippen molar-refractivity contribution in [1.29, 1.82) is 0 Å².